The van der Waals surface area contributed by atoms with Gasteiger partial charge in [-0.15, -0.1) is 0 Å². The van der Waals surface area contributed by atoms with Crippen LogP contribution in [0.4, 0.5) is 8.78 Å². The Morgan fingerprint density at radius 1 is 1.64 bits per heavy atom. The van der Waals surface area contributed by atoms with Crippen LogP contribution >= 0.6 is 0 Å². The molecule has 1 aliphatic heterocycles. The van der Waals surface area contributed by atoms with Gasteiger partial charge in [-0.2, -0.15) is 0 Å². The fraction of sp³-hybridized carbons (Fsp3) is 0.889. The minimum Gasteiger partial charge on any atom is -0.481 e. The summed E-state index contributed by atoms with van der Waals surface area (Å²) >= 11 is 0. The first kappa shape index (κ1) is 11.4. The first-order valence-electron chi connectivity index (χ1n) is 4.72. The van der Waals surface area contributed by atoms with Gasteiger partial charge in [0.1, 0.15) is 0 Å². The van der Waals surface area contributed by atoms with E-state index in [1.165, 1.54) is 0 Å². The van der Waals surface area contributed by atoms with E-state index in [4.69, 9.17) is 5.11 Å². The van der Waals surface area contributed by atoms with Gasteiger partial charge in [0.05, 0.1) is 6.42 Å². The molecule has 0 radical (unpaired) electrons. The zero-order valence-corrected chi connectivity index (χ0v) is 8.17. The molecule has 1 rings (SSSR count). The van der Waals surface area contributed by atoms with Crippen LogP contribution in [0.1, 0.15) is 26.2 Å². The van der Waals surface area contributed by atoms with E-state index >= 15 is 0 Å². The van der Waals surface area contributed by atoms with E-state index in [9.17, 15) is 13.6 Å². The lowest BCUT2D eigenvalue weighted by Gasteiger charge is -2.40. The summed E-state index contributed by atoms with van der Waals surface area (Å²) in [6.07, 6.45) is 0.681. The van der Waals surface area contributed by atoms with Gasteiger partial charge < -0.3 is 5.11 Å². The predicted octanol–water partition coefficient (Wildman–Crippen LogP) is 1.58. The summed E-state index contributed by atoms with van der Waals surface area (Å²) in [5.41, 5.74) is 0. The van der Waals surface area contributed by atoms with Gasteiger partial charge in [-0.05, 0) is 19.9 Å². The molecule has 0 aromatic carbocycles. The van der Waals surface area contributed by atoms with Crippen molar-refractivity contribution in [2.24, 2.45) is 0 Å². The SMILES string of the molecule is CC(F)(F)CCN1CCC1CC(=O)O. The molecule has 1 saturated heterocycles. The highest BCUT2D eigenvalue weighted by Crippen LogP contribution is 2.24. The highest BCUT2D eigenvalue weighted by atomic mass is 19.3. The molecule has 1 N–H and O–H groups in total. The van der Waals surface area contributed by atoms with Gasteiger partial charge in [-0.1, -0.05) is 0 Å². The third-order valence-corrected chi connectivity index (χ3v) is 2.51. The Balaban J connectivity index is 2.23. The van der Waals surface area contributed by atoms with E-state index in [2.05, 4.69) is 0 Å². The lowest BCUT2D eigenvalue weighted by Crippen LogP contribution is -2.49. The van der Waals surface area contributed by atoms with Crippen molar-refractivity contribution in [3.05, 3.63) is 0 Å². The minimum absolute atomic E-state index is 0.0325. The Hall–Kier alpha value is -0.710. The molecular weight excluding hydrogens is 192 g/mol. The van der Waals surface area contributed by atoms with Gasteiger partial charge in [0.2, 0.25) is 5.92 Å². The lowest BCUT2D eigenvalue weighted by molar-refractivity contribution is -0.139. The van der Waals surface area contributed by atoms with E-state index in [0.29, 0.717) is 6.54 Å². The van der Waals surface area contributed by atoms with Crippen molar-refractivity contribution in [3.8, 4) is 0 Å². The maximum absolute atomic E-state index is 12.5. The summed E-state index contributed by atoms with van der Waals surface area (Å²) in [5.74, 6) is -3.51. The number of alkyl halides is 2. The van der Waals surface area contributed by atoms with Gasteiger partial charge in [0.25, 0.3) is 0 Å². The Labute approximate surface area is 81.7 Å². The second-order valence-electron chi connectivity index (χ2n) is 3.90. The van der Waals surface area contributed by atoms with Crippen LogP contribution in [0, 0.1) is 0 Å². The number of halogens is 2. The molecule has 1 fully saturated rings. The first-order chi connectivity index (χ1) is 6.38. The fourth-order valence-corrected chi connectivity index (χ4v) is 1.56. The van der Waals surface area contributed by atoms with Crippen molar-refractivity contribution in [2.45, 2.75) is 38.2 Å². The lowest BCUT2D eigenvalue weighted by atomic mass is 9.99. The van der Waals surface area contributed by atoms with Crippen molar-refractivity contribution in [3.63, 3.8) is 0 Å². The van der Waals surface area contributed by atoms with Crippen LogP contribution in [0.2, 0.25) is 0 Å². The standard InChI is InChI=1S/C9H15F2NO2/c1-9(10,11)3-5-12-4-2-7(12)6-8(13)14/h7H,2-6H2,1H3,(H,13,14). The van der Waals surface area contributed by atoms with Crippen molar-refractivity contribution in [1.29, 1.82) is 0 Å². The Morgan fingerprint density at radius 2 is 2.29 bits per heavy atom. The maximum Gasteiger partial charge on any atom is 0.304 e. The largest absolute Gasteiger partial charge is 0.481 e. The van der Waals surface area contributed by atoms with E-state index in [0.717, 1.165) is 19.9 Å². The average molecular weight is 207 g/mol. The summed E-state index contributed by atoms with van der Waals surface area (Å²) in [6, 6.07) is -0.0325. The molecule has 0 aromatic heterocycles. The predicted molar refractivity (Wildman–Crippen MR) is 47.5 cm³/mol. The molecule has 1 unspecified atom stereocenters. The van der Waals surface area contributed by atoms with Crippen LogP contribution in [-0.4, -0.2) is 41.0 Å². The molecule has 14 heavy (non-hydrogen) atoms. The van der Waals surface area contributed by atoms with E-state index < -0.39 is 11.9 Å². The quantitative estimate of drug-likeness (QED) is 0.744. The number of carbonyl (C=O) groups is 1. The molecule has 0 spiro atoms. The molecular formula is C9H15F2NO2. The van der Waals surface area contributed by atoms with Crippen LogP contribution in [0.3, 0.4) is 0 Å². The highest BCUT2D eigenvalue weighted by Gasteiger charge is 2.32. The maximum atomic E-state index is 12.5. The third kappa shape index (κ3) is 3.57. The second-order valence-corrected chi connectivity index (χ2v) is 3.90. The smallest absolute Gasteiger partial charge is 0.304 e. The van der Waals surface area contributed by atoms with Crippen LogP contribution in [0.15, 0.2) is 0 Å². The summed E-state index contributed by atoms with van der Waals surface area (Å²) in [7, 11) is 0. The van der Waals surface area contributed by atoms with Crippen LogP contribution < -0.4 is 0 Å². The van der Waals surface area contributed by atoms with Gasteiger partial charge in [0.15, 0.2) is 0 Å². The number of hydrogen-bond donors (Lipinski definition) is 1. The summed E-state index contributed by atoms with van der Waals surface area (Å²) in [6.45, 7) is 1.93. The molecule has 82 valence electrons. The second kappa shape index (κ2) is 4.21. The van der Waals surface area contributed by atoms with Crippen molar-refractivity contribution in [1.82, 2.24) is 4.90 Å². The van der Waals surface area contributed by atoms with Crippen LogP contribution in [0.25, 0.3) is 0 Å². The van der Waals surface area contributed by atoms with Gasteiger partial charge >= 0.3 is 5.97 Å². The van der Waals surface area contributed by atoms with Gasteiger partial charge in [-0.25, -0.2) is 8.78 Å². The van der Waals surface area contributed by atoms with Gasteiger partial charge in [-0.3, -0.25) is 9.69 Å². The zero-order valence-electron chi connectivity index (χ0n) is 8.17. The number of aliphatic carboxylic acids is 1. The number of carboxylic acid groups (broad SMARTS) is 1. The number of carboxylic acids is 1. The summed E-state index contributed by atoms with van der Waals surface area (Å²) in [4.78, 5) is 12.2. The molecule has 0 saturated carbocycles. The molecule has 0 bridgehead atoms. The molecule has 0 aromatic rings. The monoisotopic (exact) mass is 207 g/mol. The average Bonchev–Trinajstić information content (AvgIpc) is 1.96. The number of nitrogens with zero attached hydrogens (tertiary/aromatic N) is 1. The van der Waals surface area contributed by atoms with E-state index in [1.807, 2.05) is 4.90 Å². The molecule has 1 aliphatic rings. The van der Waals surface area contributed by atoms with E-state index in [1.54, 1.807) is 0 Å². The van der Waals surface area contributed by atoms with Crippen LogP contribution in [-0.2, 0) is 4.79 Å². The van der Waals surface area contributed by atoms with Crippen LogP contribution in [0.5, 0.6) is 0 Å². The number of likely N-dealkylation sites (tertiary alicyclic amines) is 1. The van der Waals surface area contributed by atoms with E-state index in [-0.39, 0.29) is 18.9 Å². The number of hydrogen-bond acceptors (Lipinski definition) is 2. The van der Waals surface area contributed by atoms with Crippen molar-refractivity contribution < 1.29 is 18.7 Å². The zero-order chi connectivity index (χ0) is 10.8. The molecule has 1 atom stereocenters. The Morgan fingerprint density at radius 3 is 2.64 bits per heavy atom. The first-order valence-corrected chi connectivity index (χ1v) is 4.72. The van der Waals surface area contributed by atoms with Gasteiger partial charge in [0, 0.05) is 19.0 Å². The summed E-state index contributed by atoms with van der Waals surface area (Å²) < 4.78 is 25.0. The molecule has 0 aliphatic carbocycles. The Kier molecular flexibility index (Phi) is 3.42. The Bertz CT molecular complexity index is 215. The van der Waals surface area contributed by atoms with Crippen molar-refractivity contribution in [2.75, 3.05) is 13.1 Å². The minimum atomic E-state index is -2.65. The molecule has 3 nitrogen and oxygen atoms in total. The summed E-state index contributed by atoms with van der Waals surface area (Å²) in [5, 5.41) is 8.52. The molecule has 1 heterocycles. The number of rotatable bonds is 5. The molecule has 5 heteroatoms. The topological polar surface area (TPSA) is 40.5 Å². The fourth-order valence-electron chi connectivity index (χ4n) is 1.56. The third-order valence-electron chi connectivity index (χ3n) is 2.51. The highest BCUT2D eigenvalue weighted by molar-refractivity contribution is 5.67. The normalized spacial score (nSPS) is 23.2. The van der Waals surface area contributed by atoms with Crippen molar-refractivity contribution >= 4 is 5.97 Å². The molecule has 0 amide bonds.